The summed E-state index contributed by atoms with van der Waals surface area (Å²) in [5, 5.41) is 36.6. The topological polar surface area (TPSA) is 126 Å². The largest absolute Gasteiger partial charge is 0.373 e. The van der Waals surface area contributed by atoms with Gasteiger partial charge in [-0.25, -0.2) is 0 Å². The summed E-state index contributed by atoms with van der Waals surface area (Å²) in [6.07, 6.45) is 5.71. The normalized spacial score (nSPS) is 18.5. The minimum absolute atomic E-state index is 0.152. The lowest BCUT2D eigenvalue weighted by Gasteiger charge is -2.25. The number of nitrogens with zero attached hydrogens (tertiary/aromatic N) is 5. The van der Waals surface area contributed by atoms with Crippen LogP contribution in [0.15, 0.2) is 54.7 Å². The van der Waals surface area contributed by atoms with Gasteiger partial charge in [-0.3, -0.25) is 9.78 Å². The van der Waals surface area contributed by atoms with E-state index in [0.717, 1.165) is 41.3 Å². The molecule has 1 aliphatic carbocycles. The number of aromatic nitrogens is 5. The summed E-state index contributed by atoms with van der Waals surface area (Å²) in [6, 6.07) is 15.4. The molecule has 1 fully saturated rings. The Bertz CT molecular complexity index is 1270. The van der Waals surface area contributed by atoms with Crippen LogP contribution in [0.2, 0.25) is 0 Å². The number of amides is 1. The first-order chi connectivity index (χ1) is 17.6. The Morgan fingerprint density at radius 2 is 1.64 bits per heavy atom. The summed E-state index contributed by atoms with van der Waals surface area (Å²) >= 11 is 2.94. The molecule has 1 aromatic carbocycles. The number of hydrogen-bond acceptors (Lipinski definition) is 10. The van der Waals surface area contributed by atoms with Gasteiger partial charge in [-0.1, -0.05) is 65.5 Å². The lowest BCUT2D eigenvalue weighted by atomic mass is 9.82. The number of anilines is 2. The molecule has 1 aliphatic rings. The minimum atomic E-state index is -0.722. The Labute approximate surface area is 217 Å². The fourth-order valence-electron chi connectivity index (χ4n) is 4.41. The minimum Gasteiger partial charge on any atom is -0.373 e. The van der Waals surface area contributed by atoms with E-state index >= 15 is 0 Å². The van der Waals surface area contributed by atoms with Gasteiger partial charge in [0.1, 0.15) is 16.2 Å². The van der Waals surface area contributed by atoms with E-state index in [1.807, 2.05) is 48.5 Å². The van der Waals surface area contributed by atoms with E-state index in [2.05, 4.69) is 36.0 Å². The molecule has 0 saturated heterocycles. The molecule has 36 heavy (non-hydrogen) atoms. The van der Waals surface area contributed by atoms with E-state index in [1.165, 1.54) is 22.7 Å². The molecular formula is C25H27N7O2S2. The van der Waals surface area contributed by atoms with Crippen molar-refractivity contribution >= 4 is 38.8 Å². The van der Waals surface area contributed by atoms with Crippen molar-refractivity contribution in [2.45, 2.75) is 56.6 Å². The number of hydrogen-bond donors (Lipinski definition) is 3. The average molecular weight is 522 g/mol. The van der Waals surface area contributed by atoms with E-state index in [1.54, 1.807) is 6.20 Å². The van der Waals surface area contributed by atoms with Crippen molar-refractivity contribution in [3.8, 4) is 0 Å². The van der Waals surface area contributed by atoms with Gasteiger partial charge >= 0.3 is 0 Å². The molecule has 11 heteroatoms. The van der Waals surface area contributed by atoms with E-state index in [-0.39, 0.29) is 24.2 Å². The van der Waals surface area contributed by atoms with Gasteiger partial charge in [-0.2, -0.15) is 0 Å². The molecule has 3 aromatic heterocycles. The lowest BCUT2D eigenvalue weighted by molar-refractivity contribution is -0.115. The van der Waals surface area contributed by atoms with Crippen molar-refractivity contribution in [3.63, 3.8) is 0 Å². The van der Waals surface area contributed by atoms with Crippen LogP contribution in [-0.4, -0.2) is 42.6 Å². The highest BCUT2D eigenvalue weighted by Gasteiger charge is 2.29. The van der Waals surface area contributed by atoms with Crippen LogP contribution in [0.3, 0.4) is 0 Å². The number of aliphatic hydroxyl groups excluding tert-OH is 1. The maximum atomic E-state index is 12.3. The van der Waals surface area contributed by atoms with E-state index in [4.69, 9.17) is 0 Å². The summed E-state index contributed by atoms with van der Waals surface area (Å²) in [5.74, 6) is 0.405. The molecular weight excluding hydrogens is 494 g/mol. The Morgan fingerprint density at radius 1 is 0.944 bits per heavy atom. The molecule has 0 spiro atoms. The van der Waals surface area contributed by atoms with Gasteiger partial charge in [0.05, 0.1) is 6.42 Å². The van der Waals surface area contributed by atoms with Crippen molar-refractivity contribution in [2.75, 3.05) is 10.6 Å². The highest BCUT2D eigenvalue weighted by molar-refractivity contribution is 7.15. The number of rotatable bonds is 9. The smallest absolute Gasteiger partial charge is 0.232 e. The van der Waals surface area contributed by atoms with Crippen LogP contribution in [0.5, 0.6) is 0 Å². The summed E-state index contributed by atoms with van der Waals surface area (Å²) in [6.45, 7) is 0. The van der Waals surface area contributed by atoms with Gasteiger partial charge in [-0.15, -0.1) is 20.4 Å². The second-order valence-electron chi connectivity index (χ2n) is 8.85. The van der Waals surface area contributed by atoms with Gasteiger partial charge in [0.2, 0.25) is 16.2 Å². The van der Waals surface area contributed by atoms with E-state index in [0.29, 0.717) is 22.4 Å². The number of carbonyl (C=O) groups excluding carboxylic acids is 1. The zero-order valence-corrected chi connectivity index (χ0v) is 21.2. The molecule has 3 N–H and O–H groups in total. The average Bonchev–Trinajstić information content (AvgIpc) is 3.55. The van der Waals surface area contributed by atoms with Crippen molar-refractivity contribution in [1.82, 2.24) is 25.4 Å². The second kappa shape index (κ2) is 11.6. The Balaban J connectivity index is 1.15. The number of benzene rings is 1. The highest BCUT2D eigenvalue weighted by Crippen LogP contribution is 2.43. The third-order valence-electron chi connectivity index (χ3n) is 6.13. The zero-order chi connectivity index (χ0) is 24.7. The van der Waals surface area contributed by atoms with Gasteiger partial charge in [0.25, 0.3) is 0 Å². The molecule has 0 radical (unpaired) electrons. The molecule has 1 saturated carbocycles. The quantitative estimate of drug-likeness (QED) is 0.277. The summed E-state index contributed by atoms with van der Waals surface area (Å²) in [4.78, 5) is 16.5. The predicted octanol–water partition coefficient (Wildman–Crippen LogP) is 4.38. The van der Waals surface area contributed by atoms with Crippen LogP contribution in [0, 0.1) is 0 Å². The van der Waals surface area contributed by atoms with Crippen LogP contribution in [-0.2, 0) is 17.6 Å². The molecule has 0 aliphatic heterocycles. The zero-order valence-electron chi connectivity index (χ0n) is 19.6. The molecule has 186 valence electrons. The van der Waals surface area contributed by atoms with Gasteiger partial charge in [-0.05, 0) is 37.0 Å². The molecule has 1 unspecified atom stereocenters. The number of nitrogens with one attached hydrogen (secondary N) is 2. The predicted molar refractivity (Wildman–Crippen MR) is 140 cm³/mol. The summed E-state index contributed by atoms with van der Waals surface area (Å²) in [7, 11) is 0. The Kier molecular flexibility index (Phi) is 7.89. The van der Waals surface area contributed by atoms with E-state index in [9.17, 15) is 9.90 Å². The Hall–Kier alpha value is -3.28. The maximum Gasteiger partial charge on any atom is 0.232 e. The third-order valence-corrected chi connectivity index (χ3v) is 8.15. The molecule has 4 aromatic rings. The molecule has 1 amide bonds. The molecule has 9 nitrogen and oxygen atoms in total. The molecule has 5 rings (SSSR count). The van der Waals surface area contributed by atoms with Crippen LogP contribution in [0.25, 0.3) is 0 Å². The first-order valence-electron chi connectivity index (χ1n) is 12.0. The number of carbonyl (C=O) groups is 1. The van der Waals surface area contributed by atoms with Gasteiger partial charge in [0.15, 0.2) is 0 Å². The van der Waals surface area contributed by atoms with Crippen LogP contribution in [0.4, 0.5) is 10.3 Å². The number of aliphatic hydroxyl groups is 1. The fourth-order valence-corrected chi connectivity index (χ4v) is 6.25. The maximum absolute atomic E-state index is 12.3. The first kappa shape index (κ1) is 24.4. The van der Waals surface area contributed by atoms with Crippen molar-refractivity contribution in [1.29, 1.82) is 0 Å². The van der Waals surface area contributed by atoms with Crippen LogP contribution in [0.1, 0.15) is 58.8 Å². The molecule has 0 bridgehead atoms. The van der Waals surface area contributed by atoms with Crippen LogP contribution < -0.4 is 10.6 Å². The Morgan fingerprint density at radius 3 is 2.36 bits per heavy atom. The monoisotopic (exact) mass is 521 g/mol. The second-order valence-corrected chi connectivity index (χ2v) is 10.9. The van der Waals surface area contributed by atoms with Crippen molar-refractivity contribution < 1.29 is 9.90 Å². The first-order valence-corrected chi connectivity index (χ1v) is 13.6. The van der Waals surface area contributed by atoms with Crippen molar-refractivity contribution in [2.24, 2.45) is 0 Å². The van der Waals surface area contributed by atoms with Crippen molar-refractivity contribution in [3.05, 3.63) is 76.0 Å². The van der Waals surface area contributed by atoms with Gasteiger partial charge in [0, 0.05) is 30.1 Å². The standard InChI is InChI=1S/C25H27N7O2S2/c33-20(13-16-7-2-1-3-8-16)27-24-31-29-22(35-24)17-9-6-10-18(14-17)23-30-32-25(36-23)28-21(34)15-19-11-4-5-12-26-19/h1-5,7-8,11-12,17-18,20,33H,6,9-10,13-15H2,(H,27,31)(H,28,32,34)/t17-,18-,20?/m0/s1. The molecule has 3 heterocycles. The molecule has 3 atom stereocenters. The summed E-state index contributed by atoms with van der Waals surface area (Å²) in [5.41, 5.74) is 1.77. The number of pyridine rings is 1. The summed E-state index contributed by atoms with van der Waals surface area (Å²) < 4.78 is 0. The van der Waals surface area contributed by atoms with Gasteiger partial charge < -0.3 is 15.7 Å². The lowest BCUT2D eigenvalue weighted by Crippen LogP contribution is -2.21. The highest BCUT2D eigenvalue weighted by atomic mass is 32.1. The van der Waals surface area contributed by atoms with Crippen LogP contribution >= 0.6 is 22.7 Å². The van der Waals surface area contributed by atoms with E-state index < -0.39 is 6.23 Å². The third kappa shape index (κ3) is 6.48. The SMILES string of the molecule is O=C(Cc1ccccn1)Nc1nnc([C@H]2CCC[C@H](c3nnc(NC(O)Cc4ccccc4)s3)C2)s1. The fraction of sp³-hybridized carbons (Fsp3) is 0.360.